The van der Waals surface area contributed by atoms with Crippen molar-refractivity contribution in [1.82, 2.24) is 9.55 Å². The fourth-order valence-corrected chi connectivity index (χ4v) is 2.35. The zero-order chi connectivity index (χ0) is 13.8. The molecule has 0 saturated carbocycles. The summed E-state index contributed by atoms with van der Waals surface area (Å²) in [7, 11) is 0. The molecule has 2 aromatic heterocycles. The smallest absolute Gasteiger partial charge is 0.141 e. The maximum atomic E-state index is 4.50. The molecule has 2 heteroatoms. The average Bonchev–Trinajstić information content (AvgIpc) is 2.74. The highest BCUT2D eigenvalue weighted by molar-refractivity contribution is 6.06. The third kappa shape index (κ3) is 2.48. The Kier molecular flexibility index (Phi) is 4.20. The maximum absolute atomic E-state index is 4.50. The first-order chi connectivity index (χ1) is 9.20. The first-order valence-electron chi connectivity index (χ1n) is 7.04. The number of rotatable bonds is 1. The van der Waals surface area contributed by atoms with Crippen molar-refractivity contribution in [2.45, 2.75) is 40.2 Å². The normalized spacial score (nSPS) is 10.8. The van der Waals surface area contributed by atoms with Crippen molar-refractivity contribution >= 4 is 21.9 Å². The first-order valence-corrected chi connectivity index (χ1v) is 7.04. The van der Waals surface area contributed by atoms with E-state index >= 15 is 0 Å². The molecule has 0 N–H and O–H groups in total. The van der Waals surface area contributed by atoms with Crippen LogP contribution >= 0.6 is 0 Å². The molecule has 0 saturated heterocycles. The maximum Gasteiger partial charge on any atom is 0.141 e. The summed E-state index contributed by atoms with van der Waals surface area (Å²) in [4.78, 5) is 4.50. The highest BCUT2D eigenvalue weighted by Crippen LogP contribution is 2.29. The van der Waals surface area contributed by atoms with E-state index in [1.54, 1.807) is 0 Å². The molecule has 1 aromatic carbocycles. The molecule has 0 radical (unpaired) electrons. The molecule has 100 valence electrons. The molecular formula is C17H22N2. The van der Waals surface area contributed by atoms with Crippen LogP contribution in [0.2, 0.25) is 0 Å². The summed E-state index contributed by atoms with van der Waals surface area (Å²) in [5.41, 5.74) is 2.35. The van der Waals surface area contributed by atoms with Gasteiger partial charge in [0.2, 0.25) is 0 Å². The first kappa shape index (κ1) is 13.6. The second-order valence-electron chi connectivity index (χ2n) is 5.06. The van der Waals surface area contributed by atoms with Crippen LogP contribution in [0, 0.1) is 0 Å². The van der Waals surface area contributed by atoms with Crippen LogP contribution in [0.5, 0.6) is 0 Å². The van der Waals surface area contributed by atoms with E-state index < -0.39 is 0 Å². The molecule has 0 spiro atoms. The summed E-state index contributed by atoms with van der Waals surface area (Å²) in [5, 5.41) is 2.53. The Balaban J connectivity index is 0.000000408. The number of fused-ring (bicyclic) bond motifs is 3. The van der Waals surface area contributed by atoms with Gasteiger partial charge in [0.05, 0.1) is 5.52 Å². The summed E-state index contributed by atoms with van der Waals surface area (Å²) in [5.74, 6) is 0. The number of hydrogen-bond acceptors (Lipinski definition) is 1. The molecule has 19 heavy (non-hydrogen) atoms. The van der Waals surface area contributed by atoms with Gasteiger partial charge in [-0.2, -0.15) is 0 Å². The van der Waals surface area contributed by atoms with Gasteiger partial charge in [-0.05, 0) is 32.0 Å². The van der Waals surface area contributed by atoms with Crippen LogP contribution in [0.25, 0.3) is 21.9 Å². The van der Waals surface area contributed by atoms with Crippen LogP contribution in [0.4, 0.5) is 0 Å². The van der Waals surface area contributed by atoms with E-state index in [-0.39, 0.29) is 0 Å². The summed E-state index contributed by atoms with van der Waals surface area (Å²) in [6.07, 6.45) is 3.11. The van der Waals surface area contributed by atoms with E-state index in [0.717, 1.165) is 5.65 Å². The Bertz CT molecular complexity index is 612. The van der Waals surface area contributed by atoms with Gasteiger partial charge in [-0.15, -0.1) is 0 Å². The molecular weight excluding hydrogens is 232 g/mol. The SMILES string of the molecule is CC(C)n1c2ccccc2c2cccnc21.CCC. The Morgan fingerprint density at radius 1 is 1.00 bits per heavy atom. The van der Waals surface area contributed by atoms with E-state index in [2.05, 4.69) is 67.6 Å². The summed E-state index contributed by atoms with van der Waals surface area (Å²) in [6, 6.07) is 13.1. The second-order valence-corrected chi connectivity index (χ2v) is 5.06. The standard InChI is InChI=1S/C14H14N2.C3H8/c1-10(2)16-13-8-4-3-6-11(13)12-7-5-9-15-14(12)16;1-3-2/h3-10H,1-2H3;3H2,1-2H3. The van der Waals surface area contributed by atoms with Crippen LogP contribution in [0.3, 0.4) is 0 Å². The second kappa shape index (κ2) is 5.87. The number of nitrogens with zero attached hydrogens (tertiary/aromatic N) is 2. The lowest BCUT2D eigenvalue weighted by Crippen LogP contribution is -2.00. The van der Waals surface area contributed by atoms with Gasteiger partial charge in [0.25, 0.3) is 0 Å². The fraction of sp³-hybridized carbons (Fsp3) is 0.353. The van der Waals surface area contributed by atoms with Crippen molar-refractivity contribution in [3.8, 4) is 0 Å². The fourth-order valence-electron chi connectivity index (χ4n) is 2.35. The molecule has 0 bridgehead atoms. The minimum Gasteiger partial charge on any atom is -0.323 e. The topological polar surface area (TPSA) is 17.8 Å². The van der Waals surface area contributed by atoms with Gasteiger partial charge >= 0.3 is 0 Å². The third-order valence-corrected chi connectivity index (χ3v) is 2.99. The zero-order valence-corrected chi connectivity index (χ0v) is 12.2. The van der Waals surface area contributed by atoms with Gasteiger partial charge < -0.3 is 4.57 Å². The van der Waals surface area contributed by atoms with Crippen molar-refractivity contribution in [3.05, 3.63) is 42.6 Å². The molecule has 3 aromatic rings. The van der Waals surface area contributed by atoms with E-state index in [9.17, 15) is 0 Å². The Morgan fingerprint density at radius 3 is 2.32 bits per heavy atom. The van der Waals surface area contributed by atoms with Gasteiger partial charge in [-0.3, -0.25) is 0 Å². The molecule has 3 rings (SSSR count). The third-order valence-electron chi connectivity index (χ3n) is 2.99. The Hall–Kier alpha value is -1.83. The molecule has 2 heterocycles. The lowest BCUT2D eigenvalue weighted by molar-refractivity contribution is 0.637. The number of hydrogen-bond donors (Lipinski definition) is 0. The molecule has 0 aliphatic rings. The average molecular weight is 254 g/mol. The van der Waals surface area contributed by atoms with Gasteiger partial charge in [-0.1, -0.05) is 38.5 Å². The zero-order valence-electron chi connectivity index (χ0n) is 12.2. The Morgan fingerprint density at radius 2 is 1.63 bits per heavy atom. The van der Waals surface area contributed by atoms with E-state index in [0.29, 0.717) is 6.04 Å². The van der Waals surface area contributed by atoms with E-state index in [1.807, 2.05) is 12.3 Å². The van der Waals surface area contributed by atoms with Crippen molar-refractivity contribution in [1.29, 1.82) is 0 Å². The van der Waals surface area contributed by atoms with Crippen molar-refractivity contribution < 1.29 is 0 Å². The van der Waals surface area contributed by atoms with Crippen LogP contribution in [0.1, 0.15) is 40.2 Å². The van der Waals surface area contributed by atoms with Gasteiger partial charge in [0, 0.05) is 23.0 Å². The summed E-state index contributed by atoms with van der Waals surface area (Å²) in [6.45, 7) is 8.64. The molecule has 0 atom stereocenters. The number of pyridine rings is 1. The van der Waals surface area contributed by atoms with Crippen LogP contribution in [-0.4, -0.2) is 9.55 Å². The predicted octanol–water partition coefficient (Wildman–Crippen LogP) is 5.19. The number of benzene rings is 1. The molecule has 0 aliphatic heterocycles. The molecule has 0 amide bonds. The van der Waals surface area contributed by atoms with Crippen molar-refractivity contribution in [3.63, 3.8) is 0 Å². The molecule has 0 aliphatic carbocycles. The molecule has 2 nitrogen and oxygen atoms in total. The van der Waals surface area contributed by atoms with Crippen molar-refractivity contribution in [2.75, 3.05) is 0 Å². The monoisotopic (exact) mass is 254 g/mol. The van der Waals surface area contributed by atoms with Crippen LogP contribution in [-0.2, 0) is 0 Å². The Labute approximate surface area is 115 Å². The van der Waals surface area contributed by atoms with E-state index in [4.69, 9.17) is 0 Å². The van der Waals surface area contributed by atoms with Crippen LogP contribution in [0.15, 0.2) is 42.6 Å². The largest absolute Gasteiger partial charge is 0.323 e. The van der Waals surface area contributed by atoms with Crippen LogP contribution < -0.4 is 0 Å². The summed E-state index contributed by atoms with van der Waals surface area (Å²) >= 11 is 0. The quantitative estimate of drug-likeness (QED) is 0.584. The molecule has 0 unspecified atom stereocenters. The van der Waals surface area contributed by atoms with E-state index in [1.165, 1.54) is 22.7 Å². The highest BCUT2D eigenvalue weighted by atomic mass is 15.1. The lowest BCUT2D eigenvalue weighted by Gasteiger charge is -2.09. The minimum atomic E-state index is 0.428. The number of para-hydroxylation sites is 1. The predicted molar refractivity (Wildman–Crippen MR) is 83.6 cm³/mol. The summed E-state index contributed by atoms with van der Waals surface area (Å²) < 4.78 is 2.30. The van der Waals surface area contributed by atoms with Gasteiger partial charge in [-0.25, -0.2) is 4.98 Å². The van der Waals surface area contributed by atoms with Gasteiger partial charge in [0.15, 0.2) is 0 Å². The lowest BCUT2D eigenvalue weighted by atomic mass is 10.2. The van der Waals surface area contributed by atoms with Gasteiger partial charge in [0.1, 0.15) is 5.65 Å². The highest BCUT2D eigenvalue weighted by Gasteiger charge is 2.12. The van der Waals surface area contributed by atoms with Crippen molar-refractivity contribution in [2.24, 2.45) is 0 Å². The minimum absolute atomic E-state index is 0.428. The number of aromatic nitrogens is 2. The molecule has 0 fully saturated rings.